The average Bonchev–Trinajstić information content (AvgIpc) is 2.34. The number of nitrogens with zero attached hydrogens (tertiary/aromatic N) is 1. The van der Waals surface area contributed by atoms with Crippen LogP contribution >= 0.6 is 0 Å². The Balaban J connectivity index is 2.93. The second kappa shape index (κ2) is 6.87. The van der Waals surface area contributed by atoms with Crippen molar-refractivity contribution in [3.8, 4) is 0 Å². The molecule has 0 saturated carbocycles. The first-order chi connectivity index (χ1) is 8.54. The first-order valence-corrected chi connectivity index (χ1v) is 7.61. The smallest absolute Gasteiger partial charge is 0.243 e. The maximum absolute atomic E-state index is 12.4. The van der Waals surface area contributed by atoms with Gasteiger partial charge in [-0.05, 0) is 25.5 Å². The van der Waals surface area contributed by atoms with E-state index in [0.717, 1.165) is 5.56 Å². The molecule has 0 unspecified atom stereocenters. The molecule has 18 heavy (non-hydrogen) atoms. The average molecular weight is 271 g/mol. The van der Waals surface area contributed by atoms with Gasteiger partial charge >= 0.3 is 0 Å². The van der Waals surface area contributed by atoms with Crippen LogP contribution in [0.1, 0.15) is 19.4 Å². The van der Waals surface area contributed by atoms with E-state index >= 15 is 0 Å². The molecule has 1 aromatic carbocycles. The Labute approximate surface area is 110 Å². The minimum Gasteiger partial charge on any atom is -0.380 e. The number of hydrogen-bond donors (Lipinski definition) is 0. The minimum absolute atomic E-state index is 0.378. The van der Waals surface area contributed by atoms with Crippen molar-refractivity contribution in [3.63, 3.8) is 0 Å². The number of aryl methyl sites for hydroxylation is 1. The van der Waals surface area contributed by atoms with Gasteiger partial charge in [-0.3, -0.25) is 0 Å². The van der Waals surface area contributed by atoms with Gasteiger partial charge in [0.15, 0.2) is 0 Å². The predicted octanol–water partition coefficient (Wildman–Crippen LogP) is 2.04. The Morgan fingerprint density at radius 3 is 2.44 bits per heavy atom. The van der Waals surface area contributed by atoms with Crippen LogP contribution in [0.5, 0.6) is 0 Å². The summed E-state index contributed by atoms with van der Waals surface area (Å²) in [5.74, 6) is 0. The van der Waals surface area contributed by atoms with Gasteiger partial charge in [-0.1, -0.05) is 25.1 Å². The van der Waals surface area contributed by atoms with Gasteiger partial charge in [0.1, 0.15) is 0 Å². The van der Waals surface area contributed by atoms with Crippen molar-refractivity contribution in [2.75, 3.05) is 26.3 Å². The fraction of sp³-hybridized carbons (Fsp3) is 0.538. The fourth-order valence-corrected chi connectivity index (χ4v) is 3.40. The number of sulfonamides is 1. The molecule has 0 aliphatic heterocycles. The molecule has 1 rings (SSSR count). The Morgan fingerprint density at radius 1 is 1.22 bits per heavy atom. The van der Waals surface area contributed by atoms with Crippen LogP contribution < -0.4 is 0 Å². The van der Waals surface area contributed by atoms with Crippen LogP contribution in [0.15, 0.2) is 29.2 Å². The highest BCUT2D eigenvalue weighted by atomic mass is 32.2. The lowest BCUT2D eigenvalue weighted by atomic mass is 10.2. The third-order valence-electron chi connectivity index (χ3n) is 2.75. The molecule has 4 nitrogen and oxygen atoms in total. The van der Waals surface area contributed by atoms with E-state index in [1.54, 1.807) is 12.1 Å². The zero-order chi connectivity index (χ0) is 13.6. The summed E-state index contributed by atoms with van der Waals surface area (Å²) in [4.78, 5) is 0.378. The molecule has 1 aromatic rings. The van der Waals surface area contributed by atoms with Crippen LogP contribution in [0.2, 0.25) is 0 Å². The lowest BCUT2D eigenvalue weighted by molar-refractivity contribution is 0.135. The van der Waals surface area contributed by atoms with Crippen molar-refractivity contribution in [3.05, 3.63) is 29.8 Å². The van der Waals surface area contributed by atoms with Gasteiger partial charge in [0.05, 0.1) is 11.5 Å². The summed E-state index contributed by atoms with van der Waals surface area (Å²) in [5.41, 5.74) is 0.771. The molecule has 0 aromatic heterocycles. The van der Waals surface area contributed by atoms with Crippen molar-refractivity contribution in [2.24, 2.45) is 0 Å². The highest BCUT2D eigenvalue weighted by Gasteiger charge is 2.23. The third kappa shape index (κ3) is 3.54. The molecule has 0 amide bonds. The van der Waals surface area contributed by atoms with Crippen molar-refractivity contribution in [1.29, 1.82) is 0 Å². The zero-order valence-corrected chi connectivity index (χ0v) is 12.0. The number of hydrogen-bond acceptors (Lipinski definition) is 3. The van der Waals surface area contributed by atoms with Crippen molar-refractivity contribution in [2.45, 2.75) is 25.7 Å². The topological polar surface area (TPSA) is 46.6 Å². The normalized spacial score (nSPS) is 12.0. The number of benzene rings is 1. The van der Waals surface area contributed by atoms with Gasteiger partial charge in [-0.15, -0.1) is 0 Å². The molecule has 0 saturated heterocycles. The maximum atomic E-state index is 12.4. The number of likely N-dealkylation sites (N-methyl/N-ethyl adjacent to an activating group) is 1. The summed E-state index contributed by atoms with van der Waals surface area (Å²) in [6.45, 7) is 7.40. The summed E-state index contributed by atoms with van der Waals surface area (Å²) in [6, 6.07) is 7.04. The van der Waals surface area contributed by atoms with E-state index < -0.39 is 10.0 Å². The quantitative estimate of drug-likeness (QED) is 0.713. The minimum atomic E-state index is -3.41. The Bertz CT molecular complexity index is 471. The summed E-state index contributed by atoms with van der Waals surface area (Å²) < 4.78 is 31.6. The van der Waals surface area contributed by atoms with Gasteiger partial charge in [-0.2, -0.15) is 4.31 Å². The molecule has 0 heterocycles. The first-order valence-electron chi connectivity index (χ1n) is 6.17. The Kier molecular flexibility index (Phi) is 5.78. The first kappa shape index (κ1) is 15.1. The summed E-state index contributed by atoms with van der Waals surface area (Å²) in [7, 11) is -3.41. The van der Waals surface area contributed by atoms with Gasteiger partial charge in [0.25, 0.3) is 0 Å². The molecule has 0 N–H and O–H groups in total. The lowest BCUT2D eigenvalue weighted by Crippen LogP contribution is -2.34. The number of ether oxygens (including phenoxy) is 1. The Morgan fingerprint density at radius 2 is 1.89 bits per heavy atom. The van der Waals surface area contributed by atoms with E-state index in [2.05, 4.69) is 0 Å². The van der Waals surface area contributed by atoms with Crippen molar-refractivity contribution in [1.82, 2.24) is 4.31 Å². The van der Waals surface area contributed by atoms with Gasteiger partial charge in [0, 0.05) is 19.7 Å². The molecular weight excluding hydrogens is 250 g/mol. The Hall–Kier alpha value is -0.910. The molecular formula is C13H21NO3S. The molecule has 5 heteroatoms. The van der Waals surface area contributed by atoms with Gasteiger partial charge < -0.3 is 4.74 Å². The van der Waals surface area contributed by atoms with Crippen molar-refractivity contribution < 1.29 is 13.2 Å². The van der Waals surface area contributed by atoms with Crippen LogP contribution in [0.25, 0.3) is 0 Å². The second-order valence-electron chi connectivity index (χ2n) is 3.96. The van der Waals surface area contributed by atoms with Crippen LogP contribution in [0, 0.1) is 6.92 Å². The summed E-state index contributed by atoms with van der Waals surface area (Å²) in [6.07, 6.45) is 0. The van der Waals surface area contributed by atoms with Crippen LogP contribution in [-0.2, 0) is 14.8 Å². The molecule has 0 aliphatic carbocycles. The molecule has 102 valence electrons. The highest BCUT2D eigenvalue weighted by molar-refractivity contribution is 7.89. The highest BCUT2D eigenvalue weighted by Crippen LogP contribution is 2.18. The monoisotopic (exact) mass is 271 g/mol. The molecule has 0 atom stereocenters. The fourth-order valence-electron chi connectivity index (χ4n) is 1.74. The molecule has 0 fully saturated rings. The van der Waals surface area contributed by atoms with Crippen LogP contribution in [0.3, 0.4) is 0 Å². The summed E-state index contributed by atoms with van der Waals surface area (Å²) in [5, 5.41) is 0. The van der Waals surface area contributed by atoms with E-state index in [1.807, 2.05) is 32.9 Å². The molecule has 0 spiro atoms. The SMILES string of the molecule is CCOCCN(CC)S(=O)(=O)c1ccccc1C. The standard InChI is InChI=1S/C13H21NO3S/c1-4-14(10-11-17-5-2)18(15,16)13-9-7-6-8-12(13)3/h6-9H,4-5,10-11H2,1-3H3. The third-order valence-corrected chi connectivity index (χ3v) is 4.89. The molecule has 0 aliphatic rings. The van der Waals surface area contributed by atoms with E-state index in [-0.39, 0.29) is 0 Å². The van der Waals surface area contributed by atoms with E-state index in [0.29, 0.717) is 31.2 Å². The lowest BCUT2D eigenvalue weighted by Gasteiger charge is -2.21. The summed E-state index contributed by atoms with van der Waals surface area (Å²) >= 11 is 0. The van der Waals surface area contributed by atoms with Crippen LogP contribution in [0.4, 0.5) is 0 Å². The largest absolute Gasteiger partial charge is 0.380 e. The van der Waals surface area contributed by atoms with E-state index in [9.17, 15) is 8.42 Å². The van der Waals surface area contributed by atoms with Gasteiger partial charge in [-0.25, -0.2) is 8.42 Å². The molecule has 0 radical (unpaired) electrons. The van der Waals surface area contributed by atoms with Crippen LogP contribution in [-0.4, -0.2) is 39.0 Å². The second-order valence-corrected chi connectivity index (χ2v) is 5.87. The van der Waals surface area contributed by atoms with E-state index in [1.165, 1.54) is 4.31 Å². The predicted molar refractivity (Wildman–Crippen MR) is 72.1 cm³/mol. The van der Waals surface area contributed by atoms with Gasteiger partial charge in [0.2, 0.25) is 10.0 Å². The van der Waals surface area contributed by atoms with E-state index in [4.69, 9.17) is 4.74 Å². The maximum Gasteiger partial charge on any atom is 0.243 e. The van der Waals surface area contributed by atoms with Crippen molar-refractivity contribution >= 4 is 10.0 Å². The zero-order valence-electron chi connectivity index (χ0n) is 11.2. The molecule has 0 bridgehead atoms. The number of rotatable bonds is 7.